The fraction of sp³-hybridized carbons (Fsp3) is 0.600. The van der Waals surface area contributed by atoms with E-state index >= 15 is 0 Å². The predicted molar refractivity (Wildman–Crippen MR) is 75.6 cm³/mol. The van der Waals surface area contributed by atoms with Crippen LogP contribution in [-0.2, 0) is 0 Å². The van der Waals surface area contributed by atoms with Gasteiger partial charge in [-0.2, -0.15) is 0 Å². The van der Waals surface area contributed by atoms with E-state index in [1.54, 1.807) is 7.11 Å². The molecule has 1 aromatic rings. The van der Waals surface area contributed by atoms with E-state index in [0.717, 1.165) is 18.2 Å². The molecule has 2 aliphatic rings. The second-order valence-corrected chi connectivity index (χ2v) is 5.41. The number of nitrogens with zero attached hydrogens (tertiary/aromatic N) is 1. The van der Waals surface area contributed by atoms with E-state index in [1.807, 2.05) is 0 Å². The largest absolute Gasteiger partial charge is 0.497 e. The van der Waals surface area contributed by atoms with Crippen molar-refractivity contribution in [3.63, 3.8) is 0 Å². The fourth-order valence-electron chi connectivity index (χ4n) is 3.28. The Kier molecular flexibility index (Phi) is 3.06. The van der Waals surface area contributed by atoms with Gasteiger partial charge >= 0.3 is 0 Å². The van der Waals surface area contributed by atoms with Crippen molar-refractivity contribution in [2.75, 3.05) is 30.4 Å². The molecular formula is C15H22N2O. The van der Waals surface area contributed by atoms with Crippen LogP contribution in [0.3, 0.4) is 0 Å². The van der Waals surface area contributed by atoms with Gasteiger partial charge in [-0.1, -0.05) is 13.3 Å². The van der Waals surface area contributed by atoms with Gasteiger partial charge in [-0.3, -0.25) is 0 Å². The van der Waals surface area contributed by atoms with E-state index in [1.165, 1.54) is 37.2 Å². The number of hydrogen-bond acceptors (Lipinski definition) is 3. The molecule has 0 saturated carbocycles. The molecule has 18 heavy (non-hydrogen) atoms. The number of rotatable bonds is 2. The zero-order valence-electron chi connectivity index (χ0n) is 11.3. The van der Waals surface area contributed by atoms with E-state index in [9.17, 15) is 0 Å². The summed E-state index contributed by atoms with van der Waals surface area (Å²) >= 11 is 0. The van der Waals surface area contributed by atoms with E-state index < -0.39 is 0 Å². The summed E-state index contributed by atoms with van der Waals surface area (Å²) in [5.41, 5.74) is 2.57. The van der Waals surface area contributed by atoms with Crippen LogP contribution in [0.4, 0.5) is 11.4 Å². The van der Waals surface area contributed by atoms with Crippen molar-refractivity contribution >= 4 is 11.4 Å². The van der Waals surface area contributed by atoms with Crippen molar-refractivity contribution in [1.82, 2.24) is 0 Å². The molecule has 0 aliphatic carbocycles. The van der Waals surface area contributed by atoms with Gasteiger partial charge in [-0.25, -0.2) is 0 Å². The lowest BCUT2D eigenvalue weighted by Crippen LogP contribution is -2.49. The van der Waals surface area contributed by atoms with Crippen molar-refractivity contribution in [3.8, 4) is 5.75 Å². The molecule has 2 unspecified atom stereocenters. The van der Waals surface area contributed by atoms with Gasteiger partial charge in [0.1, 0.15) is 5.75 Å². The Morgan fingerprint density at radius 3 is 3.11 bits per heavy atom. The fourth-order valence-corrected chi connectivity index (χ4v) is 3.28. The van der Waals surface area contributed by atoms with Crippen LogP contribution in [0.15, 0.2) is 18.2 Å². The lowest BCUT2D eigenvalue weighted by Gasteiger charge is -2.45. The Balaban J connectivity index is 1.85. The van der Waals surface area contributed by atoms with Crippen molar-refractivity contribution in [2.45, 2.75) is 32.2 Å². The molecule has 1 fully saturated rings. The smallest absolute Gasteiger partial charge is 0.121 e. The van der Waals surface area contributed by atoms with Gasteiger partial charge in [-0.15, -0.1) is 0 Å². The number of hydrogen-bond donors (Lipinski definition) is 1. The minimum absolute atomic E-state index is 0.671. The molecule has 1 saturated heterocycles. The minimum atomic E-state index is 0.671. The molecule has 0 amide bonds. The number of methoxy groups -OCH3 is 1. The first-order valence-electron chi connectivity index (χ1n) is 7.00. The van der Waals surface area contributed by atoms with Gasteiger partial charge in [-0.05, 0) is 30.9 Å². The zero-order chi connectivity index (χ0) is 12.5. The Morgan fingerprint density at radius 1 is 1.44 bits per heavy atom. The monoisotopic (exact) mass is 246 g/mol. The van der Waals surface area contributed by atoms with Gasteiger partial charge in [0.2, 0.25) is 0 Å². The number of benzene rings is 1. The van der Waals surface area contributed by atoms with Crippen LogP contribution >= 0.6 is 0 Å². The van der Waals surface area contributed by atoms with E-state index in [0.29, 0.717) is 6.04 Å². The molecule has 0 radical (unpaired) electrons. The molecule has 2 heterocycles. The molecule has 0 spiro atoms. The first-order valence-corrected chi connectivity index (χ1v) is 7.00. The summed E-state index contributed by atoms with van der Waals surface area (Å²) in [6.45, 7) is 4.58. The molecule has 1 aromatic carbocycles. The molecule has 3 nitrogen and oxygen atoms in total. The second-order valence-electron chi connectivity index (χ2n) is 5.41. The van der Waals surface area contributed by atoms with Crippen LogP contribution in [0, 0.1) is 5.92 Å². The molecule has 1 N–H and O–H groups in total. The molecule has 2 aliphatic heterocycles. The molecule has 0 aromatic heterocycles. The molecular weight excluding hydrogens is 224 g/mol. The maximum Gasteiger partial charge on any atom is 0.121 e. The Bertz CT molecular complexity index is 433. The summed E-state index contributed by atoms with van der Waals surface area (Å²) in [4.78, 5) is 2.58. The average molecular weight is 246 g/mol. The van der Waals surface area contributed by atoms with Gasteiger partial charge < -0.3 is 15.0 Å². The van der Waals surface area contributed by atoms with E-state index in [-0.39, 0.29) is 0 Å². The van der Waals surface area contributed by atoms with Crippen molar-refractivity contribution in [3.05, 3.63) is 18.2 Å². The van der Waals surface area contributed by atoms with Crippen LogP contribution in [0.2, 0.25) is 0 Å². The Labute approximate surface area is 109 Å². The standard InChI is InChI=1S/C15H22N2O/c1-3-11-6-7-17-12(8-11)10-16-14-9-13(18-2)4-5-15(14)17/h4-5,9,11-12,16H,3,6-8,10H2,1-2H3. The lowest BCUT2D eigenvalue weighted by molar-refractivity contribution is 0.336. The Hall–Kier alpha value is -1.38. The molecule has 2 atom stereocenters. The summed E-state index contributed by atoms with van der Waals surface area (Å²) in [7, 11) is 1.72. The van der Waals surface area contributed by atoms with E-state index in [4.69, 9.17) is 4.74 Å². The van der Waals surface area contributed by atoms with Gasteiger partial charge in [0.15, 0.2) is 0 Å². The predicted octanol–water partition coefficient (Wildman–Crippen LogP) is 3.12. The highest BCUT2D eigenvalue weighted by Crippen LogP contribution is 2.39. The van der Waals surface area contributed by atoms with Gasteiger partial charge in [0.25, 0.3) is 0 Å². The van der Waals surface area contributed by atoms with Crippen molar-refractivity contribution < 1.29 is 4.74 Å². The third-order valence-electron chi connectivity index (χ3n) is 4.44. The summed E-state index contributed by atoms with van der Waals surface area (Å²) in [5.74, 6) is 1.84. The topological polar surface area (TPSA) is 24.5 Å². The number of ether oxygens (including phenoxy) is 1. The van der Waals surface area contributed by atoms with Gasteiger partial charge in [0, 0.05) is 25.2 Å². The minimum Gasteiger partial charge on any atom is -0.497 e. The molecule has 3 rings (SSSR count). The summed E-state index contributed by atoms with van der Waals surface area (Å²) < 4.78 is 5.29. The average Bonchev–Trinajstić information content (AvgIpc) is 2.45. The molecule has 98 valence electrons. The zero-order valence-corrected chi connectivity index (χ0v) is 11.3. The van der Waals surface area contributed by atoms with Crippen LogP contribution < -0.4 is 15.0 Å². The number of piperidine rings is 1. The SMILES string of the molecule is CCC1CCN2c3ccc(OC)cc3NCC2C1. The maximum atomic E-state index is 5.29. The van der Waals surface area contributed by atoms with Crippen molar-refractivity contribution in [2.24, 2.45) is 5.92 Å². The number of anilines is 2. The van der Waals surface area contributed by atoms with E-state index in [2.05, 4.69) is 35.3 Å². The summed E-state index contributed by atoms with van der Waals surface area (Å²) in [6.07, 6.45) is 3.98. The first-order chi connectivity index (χ1) is 8.81. The third kappa shape index (κ3) is 1.92. The van der Waals surface area contributed by atoms with Crippen LogP contribution in [0.25, 0.3) is 0 Å². The molecule has 3 heteroatoms. The molecule has 0 bridgehead atoms. The van der Waals surface area contributed by atoms with Crippen LogP contribution in [0.5, 0.6) is 5.75 Å². The highest BCUT2D eigenvalue weighted by molar-refractivity contribution is 5.74. The van der Waals surface area contributed by atoms with Crippen LogP contribution in [-0.4, -0.2) is 26.2 Å². The normalized spacial score (nSPS) is 26.0. The van der Waals surface area contributed by atoms with Crippen molar-refractivity contribution in [1.29, 1.82) is 0 Å². The highest BCUT2D eigenvalue weighted by Gasteiger charge is 2.31. The summed E-state index contributed by atoms with van der Waals surface area (Å²) in [5, 5.41) is 3.56. The van der Waals surface area contributed by atoms with Crippen LogP contribution in [0.1, 0.15) is 26.2 Å². The lowest BCUT2D eigenvalue weighted by atomic mass is 9.87. The Morgan fingerprint density at radius 2 is 2.33 bits per heavy atom. The number of nitrogens with one attached hydrogen (secondary N) is 1. The maximum absolute atomic E-state index is 5.29. The highest BCUT2D eigenvalue weighted by atomic mass is 16.5. The van der Waals surface area contributed by atoms with Gasteiger partial charge in [0.05, 0.1) is 18.5 Å². The third-order valence-corrected chi connectivity index (χ3v) is 4.44. The number of fused-ring (bicyclic) bond motifs is 3. The quantitative estimate of drug-likeness (QED) is 0.867. The second kappa shape index (κ2) is 4.71. The summed E-state index contributed by atoms with van der Waals surface area (Å²) in [6, 6.07) is 7.04. The first kappa shape index (κ1) is 11.7.